The minimum Gasteiger partial charge on any atom is -0.492 e. The van der Waals surface area contributed by atoms with Crippen LogP contribution in [0.1, 0.15) is 19.8 Å². The maximum absolute atomic E-state index is 12.8. The summed E-state index contributed by atoms with van der Waals surface area (Å²) < 4.78 is 39.5. The molecule has 28 heavy (non-hydrogen) atoms. The molecule has 0 saturated carbocycles. The van der Waals surface area contributed by atoms with Crippen LogP contribution in [0.4, 0.5) is 11.4 Å². The Bertz CT molecular complexity index is 941. The topological polar surface area (TPSA) is 93.7 Å². The lowest BCUT2D eigenvalue weighted by Gasteiger charge is -2.14. The van der Waals surface area contributed by atoms with Crippen LogP contribution in [0.2, 0.25) is 0 Å². The molecule has 2 aromatic rings. The minimum atomic E-state index is -3.85. The fourth-order valence-corrected chi connectivity index (χ4v) is 4.55. The molecule has 0 aromatic heterocycles. The van der Waals surface area contributed by atoms with Gasteiger partial charge in [0.2, 0.25) is 0 Å². The van der Waals surface area contributed by atoms with Crippen molar-refractivity contribution in [3.8, 4) is 5.75 Å². The Morgan fingerprint density at radius 3 is 2.57 bits per heavy atom. The number of hydrogen-bond donors (Lipinski definition) is 2. The SMILES string of the molecule is CCOc1ccc(Br)cc1S(=O)(=O)Nc1ccc(NC(=O)[C@@H]2CCCO2)cc1. The van der Waals surface area contributed by atoms with Crippen molar-refractivity contribution in [2.24, 2.45) is 0 Å². The second-order valence-electron chi connectivity index (χ2n) is 6.20. The van der Waals surface area contributed by atoms with Gasteiger partial charge in [0.1, 0.15) is 16.7 Å². The van der Waals surface area contributed by atoms with E-state index in [2.05, 4.69) is 26.0 Å². The van der Waals surface area contributed by atoms with Gasteiger partial charge in [-0.3, -0.25) is 9.52 Å². The summed E-state index contributed by atoms with van der Waals surface area (Å²) in [4.78, 5) is 12.1. The summed E-state index contributed by atoms with van der Waals surface area (Å²) in [5.41, 5.74) is 0.943. The fourth-order valence-electron chi connectivity index (χ4n) is 2.81. The molecule has 0 bridgehead atoms. The van der Waals surface area contributed by atoms with Gasteiger partial charge in [0.25, 0.3) is 15.9 Å². The van der Waals surface area contributed by atoms with Gasteiger partial charge in [0.05, 0.1) is 6.61 Å². The van der Waals surface area contributed by atoms with E-state index in [-0.39, 0.29) is 16.6 Å². The number of amides is 1. The zero-order chi connectivity index (χ0) is 20.1. The first-order valence-electron chi connectivity index (χ1n) is 8.87. The Labute approximate surface area is 172 Å². The van der Waals surface area contributed by atoms with E-state index in [1.165, 1.54) is 6.07 Å². The number of rotatable bonds is 7. The third kappa shape index (κ3) is 5.03. The van der Waals surface area contributed by atoms with Crippen LogP contribution >= 0.6 is 15.9 Å². The van der Waals surface area contributed by atoms with Gasteiger partial charge in [-0.1, -0.05) is 15.9 Å². The molecule has 1 atom stereocenters. The number of nitrogens with one attached hydrogen (secondary N) is 2. The van der Waals surface area contributed by atoms with Crippen LogP contribution in [-0.4, -0.2) is 33.6 Å². The average molecular weight is 469 g/mol. The Balaban J connectivity index is 1.72. The van der Waals surface area contributed by atoms with Gasteiger partial charge < -0.3 is 14.8 Å². The highest BCUT2D eigenvalue weighted by Gasteiger charge is 2.24. The van der Waals surface area contributed by atoms with Crippen molar-refractivity contribution in [2.75, 3.05) is 23.3 Å². The normalized spacial score (nSPS) is 16.6. The van der Waals surface area contributed by atoms with Crippen LogP contribution in [0, 0.1) is 0 Å². The zero-order valence-electron chi connectivity index (χ0n) is 15.3. The molecule has 1 aliphatic rings. The standard InChI is InChI=1S/C19H21BrN2O5S/c1-2-26-16-10-5-13(20)12-18(16)28(24,25)22-15-8-6-14(7-9-15)21-19(23)17-4-3-11-27-17/h5-10,12,17,22H,2-4,11H2,1H3,(H,21,23)/t17-/m0/s1. The molecule has 0 unspecified atom stereocenters. The highest BCUT2D eigenvalue weighted by Crippen LogP contribution is 2.29. The number of sulfonamides is 1. The summed E-state index contributed by atoms with van der Waals surface area (Å²) >= 11 is 3.29. The van der Waals surface area contributed by atoms with E-state index in [1.807, 2.05) is 0 Å². The molecule has 1 aliphatic heterocycles. The van der Waals surface area contributed by atoms with E-state index in [1.54, 1.807) is 43.3 Å². The van der Waals surface area contributed by atoms with Crippen molar-refractivity contribution < 1.29 is 22.7 Å². The molecule has 9 heteroatoms. The molecule has 7 nitrogen and oxygen atoms in total. The number of hydrogen-bond acceptors (Lipinski definition) is 5. The third-order valence-corrected chi connectivity index (χ3v) is 6.02. The van der Waals surface area contributed by atoms with Gasteiger partial charge >= 0.3 is 0 Å². The van der Waals surface area contributed by atoms with E-state index in [0.717, 1.165) is 6.42 Å². The number of halogens is 1. The number of carbonyl (C=O) groups excluding carboxylic acids is 1. The molecule has 1 amide bonds. The van der Waals surface area contributed by atoms with Crippen LogP contribution in [0.15, 0.2) is 51.8 Å². The van der Waals surface area contributed by atoms with Crippen LogP contribution in [0.5, 0.6) is 5.75 Å². The monoisotopic (exact) mass is 468 g/mol. The van der Waals surface area contributed by atoms with Crippen molar-refractivity contribution in [2.45, 2.75) is 30.8 Å². The molecule has 0 aliphatic carbocycles. The predicted molar refractivity (Wildman–Crippen MR) is 110 cm³/mol. The molecule has 1 saturated heterocycles. The summed E-state index contributed by atoms with van der Waals surface area (Å²) in [6, 6.07) is 11.2. The molecular weight excluding hydrogens is 448 g/mol. The van der Waals surface area contributed by atoms with E-state index in [9.17, 15) is 13.2 Å². The largest absolute Gasteiger partial charge is 0.492 e. The molecule has 1 fully saturated rings. The Hall–Kier alpha value is -2.10. The van der Waals surface area contributed by atoms with Crippen LogP contribution < -0.4 is 14.8 Å². The molecular formula is C19H21BrN2O5S. The molecule has 1 heterocycles. The molecule has 0 spiro atoms. The molecule has 0 radical (unpaired) electrons. The van der Waals surface area contributed by atoms with Gasteiger partial charge in [-0.05, 0) is 62.2 Å². The summed E-state index contributed by atoms with van der Waals surface area (Å²) in [5.74, 6) is 0.0833. The molecule has 2 N–H and O–H groups in total. The number of anilines is 2. The number of benzene rings is 2. The van der Waals surface area contributed by atoms with Crippen molar-refractivity contribution in [3.05, 3.63) is 46.9 Å². The van der Waals surface area contributed by atoms with E-state index >= 15 is 0 Å². The van der Waals surface area contributed by atoms with Crippen LogP contribution in [0.25, 0.3) is 0 Å². The fraction of sp³-hybridized carbons (Fsp3) is 0.316. The summed E-state index contributed by atoms with van der Waals surface area (Å²) in [7, 11) is -3.85. The van der Waals surface area contributed by atoms with E-state index in [0.29, 0.717) is 35.5 Å². The van der Waals surface area contributed by atoms with E-state index < -0.39 is 16.1 Å². The molecule has 2 aromatic carbocycles. The number of ether oxygens (including phenoxy) is 2. The Kier molecular flexibility index (Phi) is 6.58. The van der Waals surface area contributed by atoms with Crippen molar-refractivity contribution in [1.29, 1.82) is 0 Å². The van der Waals surface area contributed by atoms with E-state index in [4.69, 9.17) is 9.47 Å². The zero-order valence-corrected chi connectivity index (χ0v) is 17.7. The Morgan fingerprint density at radius 1 is 1.21 bits per heavy atom. The van der Waals surface area contributed by atoms with Gasteiger partial charge in [0, 0.05) is 22.5 Å². The average Bonchev–Trinajstić information content (AvgIpc) is 3.19. The van der Waals surface area contributed by atoms with Gasteiger partial charge in [0.15, 0.2) is 0 Å². The summed E-state index contributed by atoms with van der Waals surface area (Å²) in [5, 5.41) is 2.77. The second-order valence-corrected chi connectivity index (χ2v) is 8.76. The highest BCUT2D eigenvalue weighted by atomic mass is 79.9. The van der Waals surface area contributed by atoms with Crippen LogP contribution in [-0.2, 0) is 19.6 Å². The lowest BCUT2D eigenvalue weighted by molar-refractivity contribution is -0.124. The summed E-state index contributed by atoms with van der Waals surface area (Å²) in [6.45, 7) is 2.73. The predicted octanol–water partition coefficient (Wildman–Crippen LogP) is 3.77. The van der Waals surface area contributed by atoms with Crippen molar-refractivity contribution >= 4 is 43.2 Å². The first kappa shape index (κ1) is 20.6. The Morgan fingerprint density at radius 2 is 1.93 bits per heavy atom. The smallest absolute Gasteiger partial charge is 0.265 e. The maximum Gasteiger partial charge on any atom is 0.265 e. The first-order valence-corrected chi connectivity index (χ1v) is 11.1. The first-order chi connectivity index (χ1) is 13.4. The summed E-state index contributed by atoms with van der Waals surface area (Å²) in [6.07, 6.45) is 1.16. The molecule has 3 rings (SSSR count). The highest BCUT2D eigenvalue weighted by molar-refractivity contribution is 9.10. The quantitative estimate of drug-likeness (QED) is 0.644. The lowest BCUT2D eigenvalue weighted by atomic mass is 10.2. The molecule has 150 valence electrons. The van der Waals surface area contributed by atoms with Crippen LogP contribution in [0.3, 0.4) is 0 Å². The van der Waals surface area contributed by atoms with Crippen molar-refractivity contribution in [3.63, 3.8) is 0 Å². The third-order valence-electron chi connectivity index (χ3n) is 4.12. The van der Waals surface area contributed by atoms with Gasteiger partial charge in [-0.25, -0.2) is 8.42 Å². The minimum absolute atomic E-state index is 0.0412. The van der Waals surface area contributed by atoms with Gasteiger partial charge in [-0.15, -0.1) is 0 Å². The lowest BCUT2D eigenvalue weighted by Crippen LogP contribution is -2.26. The van der Waals surface area contributed by atoms with Gasteiger partial charge in [-0.2, -0.15) is 0 Å². The number of carbonyl (C=O) groups is 1. The van der Waals surface area contributed by atoms with Crippen molar-refractivity contribution in [1.82, 2.24) is 0 Å². The second kappa shape index (κ2) is 8.93. The maximum atomic E-state index is 12.8.